The Morgan fingerprint density at radius 1 is 1.39 bits per heavy atom. The van der Waals surface area contributed by atoms with Crippen LogP contribution in [0.1, 0.15) is 46.5 Å². The van der Waals surface area contributed by atoms with E-state index in [0.717, 1.165) is 32.5 Å². The van der Waals surface area contributed by atoms with E-state index in [0.29, 0.717) is 6.04 Å². The van der Waals surface area contributed by atoms with Crippen LogP contribution in [0.2, 0.25) is 0 Å². The first-order chi connectivity index (χ1) is 8.55. The number of nitrogens with zero attached hydrogens (tertiary/aromatic N) is 1. The monoisotopic (exact) mass is 256 g/mol. The van der Waals surface area contributed by atoms with E-state index in [1.165, 1.54) is 20.0 Å². The molecule has 1 N–H and O–H groups in total. The number of ether oxygens (including phenoxy) is 1. The van der Waals surface area contributed by atoms with Crippen LogP contribution >= 0.6 is 0 Å². The van der Waals surface area contributed by atoms with E-state index >= 15 is 0 Å². The van der Waals surface area contributed by atoms with Gasteiger partial charge in [-0.05, 0) is 52.2 Å². The summed E-state index contributed by atoms with van der Waals surface area (Å²) in [5, 5.41) is 3.43. The van der Waals surface area contributed by atoms with Gasteiger partial charge in [0.1, 0.15) is 5.54 Å². The Bertz CT molecular complexity index is 263. The molecule has 1 rings (SSSR count). The fraction of sp³-hybridized carbons (Fsp3) is 0.929. The van der Waals surface area contributed by atoms with Crippen LogP contribution in [0, 0.1) is 0 Å². The topological polar surface area (TPSA) is 41.6 Å². The fourth-order valence-corrected chi connectivity index (χ4v) is 2.33. The Hall–Kier alpha value is -0.610. The van der Waals surface area contributed by atoms with Gasteiger partial charge in [0.05, 0.1) is 7.11 Å². The SMILES string of the molecule is CCN(CC)CCCC(C)(NC1CC1)C(=O)OC. The maximum absolute atomic E-state index is 11.9. The van der Waals surface area contributed by atoms with Crippen LogP contribution in [0.4, 0.5) is 0 Å². The third kappa shape index (κ3) is 4.58. The summed E-state index contributed by atoms with van der Waals surface area (Å²) in [7, 11) is 1.47. The van der Waals surface area contributed by atoms with Crippen molar-refractivity contribution in [3.05, 3.63) is 0 Å². The number of esters is 1. The highest BCUT2D eigenvalue weighted by Crippen LogP contribution is 2.25. The van der Waals surface area contributed by atoms with Gasteiger partial charge in [-0.3, -0.25) is 10.1 Å². The second-order valence-electron chi connectivity index (χ2n) is 5.37. The molecule has 0 amide bonds. The zero-order valence-electron chi connectivity index (χ0n) is 12.3. The molecule has 0 saturated heterocycles. The molecule has 0 aromatic heterocycles. The van der Waals surface area contributed by atoms with E-state index in [-0.39, 0.29) is 5.97 Å². The first kappa shape index (κ1) is 15.4. The third-order valence-electron chi connectivity index (χ3n) is 3.78. The number of rotatable bonds is 9. The molecule has 0 aliphatic heterocycles. The molecular formula is C14H28N2O2. The first-order valence-corrected chi connectivity index (χ1v) is 7.14. The molecule has 0 bridgehead atoms. The highest BCUT2D eigenvalue weighted by Gasteiger charge is 2.38. The van der Waals surface area contributed by atoms with Gasteiger partial charge in [0.25, 0.3) is 0 Å². The normalized spacial score (nSPS) is 18.7. The van der Waals surface area contributed by atoms with Crippen LogP contribution in [0.25, 0.3) is 0 Å². The molecule has 1 fully saturated rings. The lowest BCUT2D eigenvalue weighted by molar-refractivity contribution is -0.148. The van der Waals surface area contributed by atoms with Crippen LogP contribution in [-0.4, -0.2) is 49.2 Å². The summed E-state index contributed by atoms with van der Waals surface area (Å²) in [5.74, 6) is -0.131. The smallest absolute Gasteiger partial charge is 0.325 e. The molecule has 18 heavy (non-hydrogen) atoms. The fourth-order valence-electron chi connectivity index (χ4n) is 2.33. The molecular weight excluding hydrogens is 228 g/mol. The minimum atomic E-state index is -0.511. The number of hydrogen-bond donors (Lipinski definition) is 1. The zero-order valence-corrected chi connectivity index (χ0v) is 12.3. The number of methoxy groups -OCH3 is 1. The quantitative estimate of drug-likeness (QED) is 0.639. The highest BCUT2D eigenvalue weighted by molar-refractivity contribution is 5.80. The number of hydrogen-bond acceptors (Lipinski definition) is 4. The lowest BCUT2D eigenvalue weighted by Gasteiger charge is -2.29. The molecule has 106 valence electrons. The van der Waals surface area contributed by atoms with Gasteiger partial charge in [-0.15, -0.1) is 0 Å². The lowest BCUT2D eigenvalue weighted by Crippen LogP contribution is -2.51. The van der Waals surface area contributed by atoms with Gasteiger partial charge in [0, 0.05) is 6.04 Å². The Kier molecular flexibility index (Phi) is 6.09. The van der Waals surface area contributed by atoms with E-state index in [2.05, 4.69) is 24.1 Å². The molecule has 1 aliphatic carbocycles. The van der Waals surface area contributed by atoms with Crippen molar-refractivity contribution in [2.24, 2.45) is 0 Å². The Labute approximate surface area is 111 Å². The molecule has 4 nitrogen and oxygen atoms in total. The second-order valence-corrected chi connectivity index (χ2v) is 5.37. The van der Waals surface area contributed by atoms with Gasteiger partial charge in [0.2, 0.25) is 0 Å². The largest absolute Gasteiger partial charge is 0.468 e. The van der Waals surface area contributed by atoms with Crippen LogP contribution in [0.5, 0.6) is 0 Å². The Morgan fingerprint density at radius 2 is 2.00 bits per heavy atom. The second kappa shape index (κ2) is 7.10. The predicted octanol–water partition coefficient (Wildman–Crippen LogP) is 1.79. The van der Waals surface area contributed by atoms with Gasteiger partial charge in [-0.25, -0.2) is 0 Å². The Balaban J connectivity index is 2.42. The van der Waals surface area contributed by atoms with Gasteiger partial charge < -0.3 is 9.64 Å². The Morgan fingerprint density at radius 3 is 2.44 bits per heavy atom. The zero-order chi connectivity index (χ0) is 13.6. The van der Waals surface area contributed by atoms with Crippen LogP contribution in [0.3, 0.4) is 0 Å². The lowest BCUT2D eigenvalue weighted by atomic mass is 9.95. The summed E-state index contributed by atoms with van der Waals surface area (Å²) in [6, 6.07) is 0.516. The van der Waals surface area contributed by atoms with Crippen molar-refractivity contribution in [3.63, 3.8) is 0 Å². The summed E-state index contributed by atoms with van der Waals surface area (Å²) >= 11 is 0. The van der Waals surface area contributed by atoms with Crippen molar-refractivity contribution in [1.29, 1.82) is 0 Å². The molecule has 1 unspecified atom stereocenters. The van der Waals surface area contributed by atoms with E-state index in [1.807, 2.05) is 6.92 Å². The van der Waals surface area contributed by atoms with Crippen molar-refractivity contribution in [2.45, 2.75) is 58.0 Å². The van der Waals surface area contributed by atoms with Gasteiger partial charge in [-0.2, -0.15) is 0 Å². The molecule has 1 atom stereocenters. The van der Waals surface area contributed by atoms with Crippen LogP contribution < -0.4 is 5.32 Å². The summed E-state index contributed by atoms with van der Waals surface area (Å²) in [4.78, 5) is 14.3. The first-order valence-electron chi connectivity index (χ1n) is 7.14. The number of carbonyl (C=O) groups excluding carboxylic acids is 1. The summed E-state index contributed by atoms with van der Waals surface area (Å²) in [6.45, 7) is 9.51. The summed E-state index contributed by atoms with van der Waals surface area (Å²) in [5.41, 5.74) is -0.511. The van der Waals surface area contributed by atoms with Crippen molar-refractivity contribution in [3.8, 4) is 0 Å². The van der Waals surface area contributed by atoms with E-state index < -0.39 is 5.54 Å². The van der Waals surface area contributed by atoms with Crippen LogP contribution in [0.15, 0.2) is 0 Å². The standard InChI is InChI=1S/C14H28N2O2/c1-5-16(6-2)11-7-10-14(3,13(17)18-4)15-12-8-9-12/h12,15H,5-11H2,1-4H3. The van der Waals surface area contributed by atoms with Gasteiger partial charge in [0.15, 0.2) is 0 Å². The van der Waals surface area contributed by atoms with E-state index in [9.17, 15) is 4.79 Å². The maximum Gasteiger partial charge on any atom is 0.325 e. The number of nitrogens with one attached hydrogen (secondary N) is 1. The van der Waals surface area contributed by atoms with Crippen molar-refractivity contribution >= 4 is 5.97 Å². The average Bonchev–Trinajstić information content (AvgIpc) is 3.17. The predicted molar refractivity (Wildman–Crippen MR) is 73.6 cm³/mol. The molecule has 1 aliphatic rings. The third-order valence-corrected chi connectivity index (χ3v) is 3.78. The minimum absolute atomic E-state index is 0.131. The van der Waals surface area contributed by atoms with Gasteiger partial charge >= 0.3 is 5.97 Å². The van der Waals surface area contributed by atoms with E-state index in [1.54, 1.807) is 0 Å². The van der Waals surface area contributed by atoms with Gasteiger partial charge in [-0.1, -0.05) is 13.8 Å². The molecule has 4 heteroatoms. The average molecular weight is 256 g/mol. The summed E-state index contributed by atoms with van der Waals surface area (Å²) < 4.78 is 4.94. The molecule has 0 spiro atoms. The molecule has 0 aromatic rings. The van der Waals surface area contributed by atoms with Crippen molar-refractivity contribution in [1.82, 2.24) is 10.2 Å². The molecule has 0 radical (unpaired) electrons. The van der Waals surface area contributed by atoms with Crippen molar-refractivity contribution in [2.75, 3.05) is 26.7 Å². The minimum Gasteiger partial charge on any atom is -0.468 e. The molecule has 1 saturated carbocycles. The highest BCUT2D eigenvalue weighted by atomic mass is 16.5. The maximum atomic E-state index is 11.9. The molecule has 0 aromatic carbocycles. The van der Waals surface area contributed by atoms with Crippen molar-refractivity contribution < 1.29 is 9.53 Å². The summed E-state index contributed by atoms with van der Waals surface area (Å²) in [6.07, 6.45) is 4.23. The van der Waals surface area contributed by atoms with E-state index in [4.69, 9.17) is 4.74 Å². The molecule has 0 heterocycles. The number of carbonyl (C=O) groups is 1. The van der Waals surface area contributed by atoms with Crippen LogP contribution in [-0.2, 0) is 9.53 Å².